The smallest absolute Gasteiger partial charge is 0.295 e. The van der Waals surface area contributed by atoms with E-state index in [0.717, 1.165) is 18.7 Å². The Balaban J connectivity index is 2.12. The van der Waals surface area contributed by atoms with Gasteiger partial charge in [-0.25, -0.2) is 0 Å². The molecule has 0 bridgehead atoms. The third-order valence-electron chi connectivity index (χ3n) is 5.87. The summed E-state index contributed by atoms with van der Waals surface area (Å²) >= 11 is 0. The van der Waals surface area contributed by atoms with E-state index in [0.29, 0.717) is 30.2 Å². The molecule has 32 heavy (non-hydrogen) atoms. The normalized spacial score (nSPS) is 17.8. The maximum absolute atomic E-state index is 13.1. The summed E-state index contributed by atoms with van der Waals surface area (Å²) in [6.07, 6.45) is 0. The van der Waals surface area contributed by atoms with Crippen LogP contribution in [0.2, 0.25) is 0 Å². The molecule has 1 fully saturated rings. The fraction of sp³-hybridized carbons (Fsp3) is 0.360. The number of carbonyl (C=O) groups is 2. The van der Waals surface area contributed by atoms with Gasteiger partial charge in [-0.1, -0.05) is 44.2 Å². The third kappa shape index (κ3) is 4.48. The Hall–Kier alpha value is -3.32. The van der Waals surface area contributed by atoms with Crippen molar-refractivity contribution in [1.29, 1.82) is 0 Å². The van der Waals surface area contributed by atoms with Gasteiger partial charge in [0.15, 0.2) is 0 Å². The predicted octanol–water partition coefficient (Wildman–Crippen LogP) is 3.47. The zero-order chi connectivity index (χ0) is 23.3. The molecular weight excluding hydrogens is 408 g/mol. The predicted molar refractivity (Wildman–Crippen MR) is 123 cm³/mol. The minimum absolute atomic E-state index is 0.0595. The van der Waals surface area contributed by atoms with Crippen LogP contribution in [0.15, 0.2) is 54.1 Å². The minimum atomic E-state index is -0.700. The number of Topliss-reactive ketones (excluding diaryl/α,β-unsaturated/α-hetero) is 1. The van der Waals surface area contributed by atoms with E-state index in [-0.39, 0.29) is 11.3 Å². The molecule has 1 unspecified atom stereocenters. The summed E-state index contributed by atoms with van der Waals surface area (Å²) in [5, 5.41) is 11.3. The van der Waals surface area contributed by atoms with Gasteiger partial charge in [-0.05, 0) is 30.8 Å². The topological polar surface area (TPSA) is 79.3 Å². The van der Waals surface area contributed by atoms with E-state index >= 15 is 0 Å². The number of likely N-dealkylation sites (N-methyl/N-ethyl adjacent to an activating group) is 1. The highest BCUT2D eigenvalue weighted by atomic mass is 16.5. The van der Waals surface area contributed by atoms with E-state index in [1.165, 1.54) is 14.2 Å². The molecule has 1 atom stereocenters. The highest BCUT2D eigenvalue weighted by Crippen LogP contribution is 2.41. The van der Waals surface area contributed by atoms with Gasteiger partial charge in [-0.2, -0.15) is 0 Å². The summed E-state index contributed by atoms with van der Waals surface area (Å²) in [7, 11) is 3.01. The molecule has 2 aromatic carbocycles. The summed E-state index contributed by atoms with van der Waals surface area (Å²) in [5.74, 6) is -0.670. The van der Waals surface area contributed by atoms with Crippen molar-refractivity contribution in [2.45, 2.75) is 19.9 Å². The maximum atomic E-state index is 13.1. The third-order valence-corrected chi connectivity index (χ3v) is 5.87. The molecule has 0 aromatic heterocycles. The van der Waals surface area contributed by atoms with E-state index in [9.17, 15) is 14.7 Å². The monoisotopic (exact) mass is 438 g/mol. The molecule has 0 spiro atoms. The Bertz CT molecular complexity index is 999. The number of likely N-dealkylation sites (tertiary alicyclic amines) is 1. The van der Waals surface area contributed by atoms with Crippen LogP contribution in [0.3, 0.4) is 0 Å². The lowest BCUT2D eigenvalue weighted by Crippen LogP contribution is -2.38. The fourth-order valence-electron chi connectivity index (χ4n) is 4.02. The molecule has 2 aromatic rings. The molecule has 7 nitrogen and oxygen atoms in total. The van der Waals surface area contributed by atoms with Gasteiger partial charge < -0.3 is 24.4 Å². The second-order valence-corrected chi connectivity index (χ2v) is 7.50. The number of ether oxygens (including phenoxy) is 2. The van der Waals surface area contributed by atoms with Crippen LogP contribution >= 0.6 is 0 Å². The standard InChI is InChI=1S/C25H30N2O5/c1-5-26(6-2)14-15-27-22(17-10-8-7-9-11-17)21(24(29)25(27)30)23(28)19-13-12-18(31-3)16-20(19)32-4/h7-13,16,22,28H,5-6,14-15H2,1-4H3/b23-21-. The molecule has 7 heteroatoms. The molecule has 1 N–H and O–H groups in total. The molecule has 1 amide bonds. The van der Waals surface area contributed by atoms with Crippen molar-refractivity contribution in [2.24, 2.45) is 0 Å². The summed E-state index contributed by atoms with van der Waals surface area (Å²) in [6.45, 7) is 6.82. The SMILES string of the molecule is CCN(CC)CCN1C(=O)C(=O)/C(=C(\O)c2ccc(OC)cc2OC)C1c1ccccc1. The van der Waals surface area contributed by atoms with Crippen molar-refractivity contribution in [1.82, 2.24) is 9.80 Å². The van der Waals surface area contributed by atoms with Crippen LogP contribution in [-0.4, -0.2) is 67.0 Å². The fourth-order valence-corrected chi connectivity index (χ4v) is 4.02. The average Bonchev–Trinajstić information content (AvgIpc) is 3.09. The Morgan fingerprint density at radius 1 is 1.03 bits per heavy atom. The van der Waals surface area contributed by atoms with E-state index in [4.69, 9.17) is 9.47 Å². The lowest BCUT2D eigenvalue weighted by Gasteiger charge is -2.28. The Labute approximate surface area is 188 Å². The van der Waals surface area contributed by atoms with Crippen LogP contribution in [0.5, 0.6) is 11.5 Å². The number of hydrogen-bond acceptors (Lipinski definition) is 6. The molecule has 170 valence electrons. The van der Waals surface area contributed by atoms with Gasteiger partial charge in [0.1, 0.15) is 17.3 Å². The van der Waals surface area contributed by atoms with Crippen LogP contribution < -0.4 is 9.47 Å². The number of carbonyl (C=O) groups excluding carboxylic acids is 2. The Kier molecular flexibility index (Phi) is 7.53. The van der Waals surface area contributed by atoms with Crippen molar-refractivity contribution >= 4 is 17.4 Å². The first-order valence-electron chi connectivity index (χ1n) is 10.7. The quantitative estimate of drug-likeness (QED) is 0.367. The van der Waals surface area contributed by atoms with Crippen LogP contribution in [0, 0.1) is 0 Å². The van der Waals surface area contributed by atoms with Gasteiger partial charge >= 0.3 is 0 Å². The van der Waals surface area contributed by atoms with Crippen LogP contribution in [0.25, 0.3) is 5.76 Å². The number of ketones is 1. The number of aliphatic hydroxyl groups excluding tert-OH is 1. The second-order valence-electron chi connectivity index (χ2n) is 7.50. The van der Waals surface area contributed by atoms with Gasteiger partial charge in [0.25, 0.3) is 11.7 Å². The van der Waals surface area contributed by atoms with E-state index in [1.54, 1.807) is 23.1 Å². The van der Waals surface area contributed by atoms with Gasteiger partial charge in [-0.3, -0.25) is 9.59 Å². The van der Waals surface area contributed by atoms with Crippen molar-refractivity contribution in [3.05, 3.63) is 65.2 Å². The maximum Gasteiger partial charge on any atom is 0.295 e. The van der Waals surface area contributed by atoms with Crippen molar-refractivity contribution in [3.63, 3.8) is 0 Å². The molecule has 1 aliphatic heterocycles. The zero-order valence-electron chi connectivity index (χ0n) is 19.0. The molecule has 1 saturated heterocycles. The highest BCUT2D eigenvalue weighted by molar-refractivity contribution is 6.46. The summed E-state index contributed by atoms with van der Waals surface area (Å²) in [4.78, 5) is 29.9. The van der Waals surface area contributed by atoms with Crippen molar-refractivity contribution in [3.8, 4) is 11.5 Å². The number of nitrogens with zero attached hydrogens (tertiary/aromatic N) is 2. The van der Waals surface area contributed by atoms with E-state index < -0.39 is 17.7 Å². The first kappa shape index (κ1) is 23.3. The number of rotatable bonds is 9. The zero-order valence-corrected chi connectivity index (χ0v) is 19.0. The summed E-state index contributed by atoms with van der Waals surface area (Å²) in [5.41, 5.74) is 1.15. The van der Waals surface area contributed by atoms with Gasteiger partial charge in [-0.15, -0.1) is 0 Å². The van der Waals surface area contributed by atoms with Gasteiger partial charge in [0.05, 0.1) is 31.4 Å². The van der Waals surface area contributed by atoms with Crippen LogP contribution in [-0.2, 0) is 9.59 Å². The lowest BCUT2D eigenvalue weighted by atomic mass is 9.95. The first-order valence-corrected chi connectivity index (χ1v) is 10.7. The Morgan fingerprint density at radius 2 is 1.72 bits per heavy atom. The largest absolute Gasteiger partial charge is 0.507 e. The van der Waals surface area contributed by atoms with E-state index in [2.05, 4.69) is 18.7 Å². The molecule has 1 heterocycles. The number of benzene rings is 2. The van der Waals surface area contributed by atoms with Crippen LogP contribution in [0.1, 0.15) is 31.0 Å². The van der Waals surface area contributed by atoms with Gasteiger partial charge in [0, 0.05) is 19.2 Å². The summed E-state index contributed by atoms with van der Waals surface area (Å²) < 4.78 is 10.6. The van der Waals surface area contributed by atoms with Gasteiger partial charge in [0.2, 0.25) is 0 Å². The number of amides is 1. The van der Waals surface area contributed by atoms with Crippen LogP contribution in [0.4, 0.5) is 0 Å². The molecule has 1 aliphatic rings. The molecule has 3 rings (SSSR count). The molecular formula is C25H30N2O5. The Morgan fingerprint density at radius 3 is 2.31 bits per heavy atom. The van der Waals surface area contributed by atoms with Crippen molar-refractivity contribution in [2.75, 3.05) is 40.4 Å². The average molecular weight is 439 g/mol. The number of methoxy groups -OCH3 is 2. The molecule has 0 saturated carbocycles. The number of hydrogen-bond donors (Lipinski definition) is 1. The highest BCUT2D eigenvalue weighted by Gasteiger charge is 2.46. The lowest BCUT2D eigenvalue weighted by molar-refractivity contribution is -0.140. The van der Waals surface area contributed by atoms with Crippen molar-refractivity contribution < 1.29 is 24.2 Å². The number of aliphatic hydroxyl groups is 1. The van der Waals surface area contributed by atoms with E-state index in [1.807, 2.05) is 30.3 Å². The molecule has 0 aliphatic carbocycles. The summed E-state index contributed by atoms with van der Waals surface area (Å²) in [6, 6.07) is 13.5. The molecule has 0 radical (unpaired) electrons. The first-order chi connectivity index (χ1) is 15.5. The minimum Gasteiger partial charge on any atom is -0.507 e. The second kappa shape index (κ2) is 10.3.